The van der Waals surface area contributed by atoms with E-state index in [9.17, 15) is 22.0 Å². The van der Waals surface area contributed by atoms with Crippen LogP contribution in [0, 0.1) is 5.92 Å². The summed E-state index contributed by atoms with van der Waals surface area (Å²) in [5.41, 5.74) is 1.00. The zero-order chi connectivity index (χ0) is 22.4. The van der Waals surface area contributed by atoms with E-state index < -0.39 is 16.6 Å². The van der Waals surface area contributed by atoms with Gasteiger partial charge in [0.05, 0.1) is 12.9 Å². The van der Waals surface area contributed by atoms with Crippen molar-refractivity contribution < 1.29 is 31.5 Å². The van der Waals surface area contributed by atoms with Crippen LogP contribution < -0.4 is 14.8 Å². The van der Waals surface area contributed by atoms with Crippen molar-refractivity contribution in [1.82, 2.24) is 4.31 Å². The second kappa shape index (κ2) is 10.1. The van der Waals surface area contributed by atoms with Crippen molar-refractivity contribution in [1.29, 1.82) is 0 Å². The molecular weight excluding hydrogens is 430 g/mol. The van der Waals surface area contributed by atoms with Gasteiger partial charge in [0.1, 0.15) is 0 Å². The highest BCUT2D eigenvalue weighted by molar-refractivity contribution is 7.88. The van der Waals surface area contributed by atoms with Crippen molar-refractivity contribution in [3.05, 3.63) is 54.1 Å². The summed E-state index contributed by atoms with van der Waals surface area (Å²) in [4.78, 5) is 12.6. The number of nitrogens with one attached hydrogen (secondary N) is 1. The predicted octanol–water partition coefficient (Wildman–Crippen LogP) is 3.48. The summed E-state index contributed by atoms with van der Waals surface area (Å²) < 4.78 is 61.2. The van der Waals surface area contributed by atoms with Crippen molar-refractivity contribution in [3.63, 3.8) is 0 Å². The average molecular weight is 454 g/mol. The molecular formula is C21H24F2N2O5S. The number of piperidine rings is 1. The third-order valence-corrected chi connectivity index (χ3v) is 6.91. The molecule has 31 heavy (non-hydrogen) atoms. The number of amides is 1. The minimum atomic E-state index is -3.47. The van der Waals surface area contributed by atoms with E-state index in [1.165, 1.54) is 29.6 Å². The smallest absolute Gasteiger partial charge is 0.387 e. The third kappa shape index (κ3) is 6.14. The lowest BCUT2D eigenvalue weighted by molar-refractivity contribution is -0.120. The topological polar surface area (TPSA) is 84.9 Å². The molecule has 7 nitrogen and oxygen atoms in total. The van der Waals surface area contributed by atoms with E-state index in [1.807, 2.05) is 6.07 Å². The molecule has 3 rings (SSSR count). The first-order valence-corrected chi connectivity index (χ1v) is 11.3. The lowest BCUT2D eigenvalue weighted by atomic mass is 9.97. The van der Waals surface area contributed by atoms with Crippen LogP contribution in [0.5, 0.6) is 11.5 Å². The zero-order valence-corrected chi connectivity index (χ0v) is 17.8. The van der Waals surface area contributed by atoms with Crippen LogP contribution in [-0.4, -0.2) is 45.4 Å². The van der Waals surface area contributed by atoms with E-state index in [2.05, 4.69) is 10.1 Å². The molecule has 0 aromatic heterocycles. The summed E-state index contributed by atoms with van der Waals surface area (Å²) in [6, 6.07) is 13.1. The lowest BCUT2D eigenvalue weighted by Gasteiger charge is -2.30. The molecule has 0 spiro atoms. The standard InChI is InChI=1S/C21H24F2N2O5S/c1-29-18-8-7-17(13-19(18)30-21(22)23)24-20(26)16-9-11-25(12-10-16)31(27,28)14-15-5-3-2-4-6-15/h2-8,13,16,21H,9-12,14H2,1H3,(H,24,26). The number of alkyl halides is 2. The van der Waals surface area contributed by atoms with E-state index in [0.29, 0.717) is 24.1 Å². The fourth-order valence-corrected chi connectivity index (χ4v) is 5.02. The van der Waals surface area contributed by atoms with Crippen LogP contribution in [0.3, 0.4) is 0 Å². The summed E-state index contributed by atoms with van der Waals surface area (Å²) in [5, 5.41) is 2.68. The Labute approximate surface area is 180 Å². The fraction of sp³-hybridized carbons (Fsp3) is 0.381. The average Bonchev–Trinajstić information content (AvgIpc) is 2.74. The summed E-state index contributed by atoms with van der Waals surface area (Å²) >= 11 is 0. The van der Waals surface area contributed by atoms with Gasteiger partial charge in [-0.1, -0.05) is 30.3 Å². The van der Waals surface area contributed by atoms with Gasteiger partial charge in [-0.2, -0.15) is 8.78 Å². The van der Waals surface area contributed by atoms with E-state index in [4.69, 9.17) is 4.74 Å². The number of carbonyl (C=O) groups excluding carboxylic acids is 1. The van der Waals surface area contributed by atoms with E-state index in [0.717, 1.165) is 0 Å². The molecule has 0 saturated carbocycles. The molecule has 1 heterocycles. The number of rotatable bonds is 8. The first-order valence-electron chi connectivity index (χ1n) is 9.74. The molecule has 1 saturated heterocycles. The largest absolute Gasteiger partial charge is 0.493 e. The number of nitrogens with zero attached hydrogens (tertiary/aromatic N) is 1. The molecule has 0 aliphatic carbocycles. The van der Waals surface area contributed by atoms with Gasteiger partial charge in [0.2, 0.25) is 15.9 Å². The minimum Gasteiger partial charge on any atom is -0.493 e. The van der Waals surface area contributed by atoms with Crippen molar-refractivity contribution >= 4 is 21.6 Å². The molecule has 1 N–H and O–H groups in total. The van der Waals surface area contributed by atoms with E-state index in [-0.39, 0.29) is 42.2 Å². The number of hydrogen-bond acceptors (Lipinski definition) is 5. The Bertz CT molecular complexity index is 994. The maximum atomic E-state index is 12.6. The van der Waals surface area contributed by atoms with Gasteiger partial charge >= 0.3 is 6.61 Å². The number of ether oxygens (including phenoxy) is 2. The molecule has 10 heteroatoms. The number of halogens is 2. The molecule has 1 aliphatic heterocycles. The quantitative estimate of drug-likeness (QED) is 0.660. The minimum absolute atomic E-state index is 0.0799. The van der Waals surface area contributed by atoms with Crippen molar-refractivity contribution in [2.24, 2.45) is 5.92 Å². The molecule has 1 fully saturated rings. The van der Waals surface area contributed by atoms with Crippen LogP contribution in [0.2, 0.25) is 0 Å². The monoisotopic (exact) mass is 454 g/mol. The molecule has 0 unspecified atom stereocenters. The van der Waals surface area contributed by atoms with Crippen LogP contribution in [0.4, 0.5) is 14.5 Å². The van der Waals surface area contributed by atoms with Gasteiger partial charge in [0.25, 0.3) is 0 Å². The predicted molar refractivity (Wildman–Crippen MR) is 112 cm³/mol. The van der Waals surface area contributed by atoms with Crippen molar-refractivity contribution in [2.45, 2.75) is 25.2 Å². The first-order chi connectivity index (χ1) is 14.8. The number of methoxy groups -OCH3 is 1. The normalized spacial score (nSPS) is 15.6. The SMILES string of the molecule is COc1ccc(NC(=O)C2CCN(S(=O)(=O)Cc3ccccc3)CC2)cc1OC(F)F. The highest BCUT2D eigenvalue weighted by atomic mass is 32.2. The second-order valence-corrected chi connectivity index (χ2v) is 9.12. The Morgan fingerprint density at radius 2 is 1.81 bits per heavy atom. The molecule has 1 aliphatic rings. The van der Waals surface area contributed by atoms with Crippen LogP contribution >= 0.6 is 0 Å². The van der Waals surface area contributed by atoms with Crippen LogP contribution in [0.25, 0.3) is 0 Å². The molecule has 0 bridgehead atoms. The fourth-order valence-electron chi connectivity index (χ4n) is 3.46. The summed E-state index contributed by atoms with van der Waals surface area (Å²) in [5.74, 6) is -0.825. The Balaban J connectivity index is 1.58. The molecule has 2 aromatic rings. The van der Waals surface area contributed by atoms with Crippen LogP contribution in [0.1, 0.15) is 18.4 Å². The first kappa shape index (κ1) is 23.0. The lowest BCUT2D eigenvalue weighted by Crippen LogP contribution is -2.41. The summed E-state index contributed by atoms with van der Waals surface area (Å²) in [6.45, 7) is -2.53. The Morgan fingerprint density at radius 1 is 1.13 bits per heavy atom. The van der Waals surface area contributed by atoms with E-state index >= 15 is 0 Å². The maximum Gasteiger partial charge on any atom is 0.387 e. The van der Waals surface area contributed by atoms with Crippen LogP contribution in [0.15, 0.2) is 48.5 Å². The number of sulfonamides is 1. The highest BCUT2D eigenvalue weighted by Gasteiger charge is 2.31. The Kier molecular flexibility index (Phi) is 7.45. The number of benzene rings is 2. The van der Waals surface area contributed by atoms with Gasteiger partial charge in [0, 0.05) is 30.8 Å². The van der Waals surface area contributed by atoms with E-state index in [1.54, 1.807) is 24.3 Å². The number of hydrogen-bond donors (Lipinski definition) is 1. The van der Waals surface area contributed by atoms with Gasteiger partial charge in [-0.05, 0) is 30.5 Å². The summed E-state index contributed by atoms with van der Waals surface area (Å²) in [7, 11) is -2.14. The van der Waals surface area contributed by atoms with Crippen molar-refractivity contribution in [2.75, 3.05) is 25.5 Å². The zero-order valence-electron chi connectivity index (χ0n) is 17.0. The molecule has 0 radical (unpaired) electrons. The number of carbonyl (C=O) groups is 1. The second-order valence-electron chi connectivity index (χ2n) is 7.15. The Hall–Kier alpha value is -2.72. The molecule has 168 valence electrons. The molecule has 1 amide bonds. The van der Waals surface area contributed by atoms with Gasteiger partial charge in [-0.25, -0.2) is 12.7 Å². The van der Waals surface area contributed by atoms with Gasteiger partial charge in [-0.15, -0.1) is 0 Å². The maximum absolute atomic E-state index is 12.6. The van der Waals surface area contributed by atoms with Gasteiger partial charge in [-0.3, -0.25) is 4.79 Å². The van der Waals surface area contributed by atoms with Crippen LogP contribution in [-0.2, 0) is 20.6 Å². The molecule has 0 atom stereocenters. The summed E-state index contributed by atoms with van der Waals surface area (Å²) in [6.07, 6.45) is 0.743. The Morgan fingerprint density at radius 3 is 2.42 bits per heavy atom. The van der Waals surface area contributed by atoms with Crippen molar-refractivity contribution in [3.8, 4) is 11.5 Å². The third-order valence-electron chi connectivity index (χ3n) is 5.06. The molecule has 2 aromatic carbocycles. The van der Waals surface area contributed by atoms with Gasteiger partial charge < -0.3 is 14.8 Å². The van der Waals surface area contributed by atoms with Gasteiger partial charge in [0.15, 0.2) is 11.5 Å². The number of anilines is 1. The highest BCUT2D eigenvalue weighted by Crippen LogP contribution is 2.32.